The number of pyridine rings is 2. The molecule has 11 nitrogen and oxygen atoms in total. The molecule has 0 bridgehead atoms. The summed E-state index contributed by atoms with van der Waals surface area (Å²) in [6.45, 7) is 10.7. The minimum atomic E-state index is -0.406. The van der Waals surface area contributed by atoms with Crippen LogP contribution in [0.2, 0.25) is 10.0 Å². The van der Waals surface area contributed by atoms with Gasteiger partial charge < -0.3 is 34.9 Å². The molecule has 0 unspecified atom stereocenters. The van der Waals surface area contributed by atoms with Gasteiger partial charge in [-0.1, -0.05) is 66.5 Å². The highest BCUT2D eigenvalue weighted by Crippen LogP contribution is 2.34. The van der Waals surface area contributed by atoms with E-state index in [2.05, 4.69) is 51.9 Å². The standard InChI is InChI=1S/C39H47Cl2N5O6/c1-9-34(47)24(4)43-18-28-16-32(40)38(45-36(28)49-7)51-20-26-12-10-14-30(22(26)2)31-15-11-13-27(23(31)3)21-52-39-33(41)17-29(37(46-39)50-8)19-44-25(5)35(48)42-6/h10-17,24-25,43-44H,9,18-21H2,1-8H3,(H,42,48)/t24-,25-/m0/s1. The van der Waals surface area contributed by atoms with E-state index in [0.717, 1.165) is 38.9 Å². The lowest BCUT2D eigenvalue weighted by atomic mass is 9.92. The molecular weight excluding hydrogens is 705 g/mol. The maximum absolute atomic E-state index is 12.0. The average Bonchev–Trinajstić information content (AvgIpc) is 3.15. The van der Waals surface area contributed by atoms with Gasteiger partial charge in [0.05, 0.1) is 26.3 Å². The number of nitrogens with zero attached hydrogens (tertiary/aromatic N) is 2. The molecule has 2 aromatic heterocycles. The van der Waals surface area contributed by atoms with Crippen LogP contribution in [-0.4, -0.2) is 55.0 Å². The molecule has 3 N–H and O–H groups in total. The molecule has 0 aliphatic heterocycles. The number of methoxy groups -OCH3 is 2. The minimum absolute atomic E-state index is 0.122. The van der Waals surface area contributed by atoms with Crippen LogP contribution >= 0.6 is 23.2 Å². The van der Waals surface area contributed by atoms with Crippen LogP contribution in [0.4, 0.5) is 0 Å². The third-order valence-electron chi connectivity index (χ3n) is 8.93. The van der Waals surface area contributed by atoms with E-state index in [-0.39, 0.29) is 42.7 Å². The van der Waals surface area contributed by atoms with Crippen LogP contribution in [0.1, 0.15) is 60.6 Å². The van der Waals surface area contributed by atoms with Crippen molar-refractivity contribution in [1.82, 2.24) is 25.9 Å². The number of halogens is 2. The Labute approximate surface area is 315 Å². The largest absolute Gasteiger partial charge is 0.481 e. The topological polar surface area (TPSA) is 133 Å². The quantitative estimate of drug-likeness (QED) is 0.0984. The first kappa shape index (κ1) is 40.4. The summed E-state index contributed by atoms with van der Waals surface area (Å²) < 4.78 is 23.3. The molecule has 13 heteroatoms. The normalized spacial score (nSPS) is 12.2. The van der Waals surface area contributed by atoms with Gasteiger partial charge in [-0.05, 0) is 73.2 Å². The van der Waals surface area contributed by atoms with E-state index < -0.39 is 6.04 Å². The van der Waals surface area contributed by atoms with E-state index in [9.17, 15) is 9.59 Å². The Bertz CT molecular complexity index is 1750. The van der Waals surface area contributed by atoms with E-state index in [0.29, 0.717) is 46.9 Å². The summed E-state index contributed by atoms with van der Waals surface area (Å²) in [5.41, 5.74) is 7.55. The molecule has 0 saturated carbocycles. The molecule has 52 heavy (non-hydrogen) atoms. The lowest BCUT2D eigenvalue weighted by Gasteiger charge is -2.18. The third kappa shape index (κ3) is 9.92. The fourth-order valence-electron chi connectivity index (χ4n) is 5.61. The zero-order valence-electron chi connectivity index (χ0n) is 30.9. The van der Waals surface area contributed by atoms with Crippen LogP contribution in [0.3, 0.4) is 0 Å². The van der Waals surface area contributed by atoms with Crippen molar-refractivity contribution in [3.05, 3.63) is 92.0 Å². The summed E-state index contributed by atoms with van der Waals surface area (Å²) in [7, 11) is 4.65. The summed E-state index contributed by atoms with van der Waals surface area (Å²) in [4.78, 5) is 32.9. The number of benzene rings is 2. The lowest BCUT2D eigenvalue weighted by molar-refractivity contribution is -0.122. The maximum atomic E-state index is 12.0. The van der Waals surface area contributed by atoms with Crippen molar-refractivity contribution in [2.45, 2.75) is 79.4 Å². The molecule has 0 fully saturated rings. The maximum Gasteiger partial charge on any atom is 0.236 e. The second-order valence-corrected chi connectivity index (χ2v) is 13.1. The van der Waals surface area contributed by atoms with Gasteiger partial charge in [-0.25, -0.2) is 0 Å². The summed E-state index contributed by atoms with van der Waals surface area (Å²) >= 11 is 13.2. The molecule has 278 valence electrons. The Morgan fingerprint density at radius 3 is 1.56 bits per heavy atom. The SMILES string of the molecule is CCC(=O)[C@H](C)NCc1cc(Cl)c(OCc2cccc(-c3cccc(COc4nc(OC)c(CN[C@@H](C)C(=O)NC)cc4Cl)c3C)c2C)nc1OC. The number of hydrogen-bond donors (Lipinski definition) is 3. The molecule has 2 heterocycles. The molecule has 2 atom stereocenters. The molecule has 0 radical (unpaired) electrons. The van der Waals surface area contributed by atoms with E-state index >= 15 is 0 Å². The molecule has 0 aliphatic carbocycles. The molecular formula is C39H47Cl2N5O6. The minimum Gasteiger partial charge on any atom is -0.481 e. The lowest BCUT2D eigenvalue weighted by Crippen LogP contribution is -2.40. The molecule has 0 aliphatic rings. The van der Waals surface area contributed by atoms with Gasteiger partial charge in [-0.15, -0.1) is 0 Å². The number of ether oxygens (including phenoxy) is 4. The molecule has 4 rings (SSSR count). The number of rotatable bonds is 18. The Morgan fingerprint density at radius 1 is 0.712 bits per heavy atom. The molecule has 0 saturated heterocycles. The zero-order chi connectivity index (χ0) is 37.9. The number of likely N-dealkylation sites (N-methyl/N-ethyl adjacent to an activating group) is 1. The Kier molecular flexibility index (Phi) is 14.7. The van der Waals surface area contributed by atoms with Gasteiger partial charge in [0.15, 0.2) is 0 Å². The summed E-state index contributed by atoms with van der Waals surface area (Å²) in [6.07, 6.45) is 0.456. The number of Topliss-reactive ketones (excluding diaryl/α,β-unsaturated/α-hetero) is 1. The molecule has 0 spiro atoms. The van der Waals surface area contributed by atoms with E-state index in [1.807, 2.05) is 38.1 Å². The highest BCUT2D eigenvalue weighted by atomic mass is 35.5. The number of amides is 1. The number of ketones is 1. The van der Waals surface area contributed by atoms with Crippen LogP contribution in [0.5, 0.6) is 23.5 Å². The van der Waals surface area contributed by atoms with Gasteiger partial charge in [0, 0.05) is 37.7 Å². The Hall–Kier alpha value is -4.42. The smallest absolute Gasteiger partial charge is 0.236 e. The average molecular weight is 753 g/mol. The number of hydrogen-bond acceptors (Lipinski definition) is 10. The fraction of sp³-hybridized carbons (Fsp3) is 0.385. The van der Waals surface area contributed by atoms with Crippen molar-refractivity contribution in [2.24, 2.45) is 0 Å². The molecule has 1 amide bonds. The predicted octanol–water partition coefficient (Wildman–Crippen LogP) is 6.92. The first-order chi connectivity index (χ1) is 24.9. The fourth-order valence-corrected chi connectivity index (χ4v) is 6.06. The van der Waals surface area contributed by atoms with Crippen molar-refractivity contribution < 1.29 is 28.5 Å². The number of nitrogens with one attached hydrogen (secondary N) is 3. The Balaban J connectivity index is 1.48. The number of carbonyl (C=O) groups excluding carboxylic acids is 2. The van der Waals surface area contributed by atoms with Crippen LogP contribution in [0.25, 0.3) is 11.1 Å². The van der Waals surface area contributed by atoms with E-state index in [1.54, 1.807) is 26.1 Å². The van der Waals surface area contributed by atoms with Crippen LogP contribution in [-0.2, 0) is 35.9 Å². The summed E-state index contributed by atoms with van der Waals surface area (Å²) in [6, 6.07) is 14.9. The van der Waals surface area contributed by atoms with Crippen molar-refractivity contribution in [2.75, 3.05) is 21.3 Å². The third-order valence-corrected chi connectivity index (χ3v) is 9.47. The van der Waals surface area contributed by atoms with Crippen molar-refractivity contribution in [3.63, 3.8) is 0 Å². The first-order valence-electron chi connectivity index (χ1n) is 17.0. The Morgan fingerprint density at radius 2 is 1.15 bits per heavy atom. The predicted molar refractivity (Wildman–Crippen MR) is 204 cm³/mol. The monoisotopic (exact) mass is 751 g/mol. The van der Waals surface area contributed by atoms with Gasteiger partial charge in [-0.3, -0.25) is 9.59 Å². The van der Waals surface area contributed by atoms with E-state index in [4.69, 9.17) is 42.1 Å². The zero-order valence-corrected chi connectivity index (χ0v) is 32.4. The highest BCUT2D eigenvalue weighted by molar-refractivity contribution is 6.32. The van der Waals surface area contributed by atoms with Crippen molar-refractivity contribution >= 4 is 34.9 Å². The summed E-state index contributed by atoms with van der Waals surface area (Å²) in [5.74, 6) is 1.23. The summed E-state index contributed by atoms with van der Waals surface area (Å²) in [5, 5.41) is 9.63. The molecule has 4 aromatic rings. The van der Waals surface area contributed by atoms with Gasteiger partial charge in [-0.2, -0.15) is 9.97 Å². The number of aromatic nitrogens is 2. The second-order valence-electron chi connectivity index (χ2n) is 12.3. The van der Waals surface area contributed by atoms with Gasteiger partial charge in [0.1, 0.15) is 29.0 Å². The highest BCUT2D eigenvalue weighted by Gasteiger charge is 2.19. The number of carbonyl (C=O) groups is 2. The van der Waals surface area contributed by atoms with Crippen LogP contribution < -0.4 is 34.9 Å². The van der Waals surface area contributed by atoms with Crippen molar-refractivity contribution in [3.8, 4) is 34.6 Å². The van der Waals surface area contributed by atoms with Crippen LogP contribution in [0.15, 0.2) is 48.5 Å². The van der Waals surface area contributed by atoms with E-state index in [1.165, 1.54) is 14.2 Å². The van der Waals surface area contributed by atoms with Crippen molar-refractivity contribution in [1.29, 1.82) is 0 Å². The van der Waals surface area contributed by atoms with Gasteiger partial charge in [0.25, 0.3) is 0 Å². The second kappa shape index (κ2) is 18.9. The first-order valence-corrected chi connectivity index (χ1v) is 17.8. The molecule has 2 aromatic carbocycles. The van der Waals surface area contributed by atoms with Gasteiger partial charge >= 0.3 is 0 Å². The van der Waals surface area contributed by atoms with Gasteiger partial charge in [0.2, 0.25) is 29.4 Å². The van der Waals surface area contributed by atoms with Crippen LogP contribution in [0, 0.1) is 13.8 Å².